The SMILES string of the molecule is COC(=O)[C@@H]1C[C@]2(CC(c3cc(Cl)c(C)cc3OC)=NO2)CN1C(=O)[C@@H](NC(=O)CC1CCCCC1)C(C)(C)C. The second kappa shape index (κ2) is 12.0. The van der Waals surface area contributed by atoms with Gasteiger partial charge in [-0.05, 0) is 48.8 Å². The van der Waals surface area contributed by atoms with Crippen LogP contribution in [0, 0.1) is 18.3 Å². The number of nitrogens with one attached hydrogen (secondary N) is 1. The van der Waals surface area contributed by atoms with Crippen molar-refractivity contribution in [3.05, 3.63) is 28.3 Å². The molecule has 9 nitrogen and oxygen atoms in total. The highest BCUT2D eigenvalue weighted by Gasteiger charge is 2.56. The van der Waals surface area contributed by atoms with Crippen LogP contribution in [0.3, 0.4) is 0 Å². The van der Waals surface area contributed by atoms with Gasteiger partial charge in [0.15, 0.2) is 5.60 Å². The van der Waals surface area contributed by atoms with Gasteiger partial charge < -0.3 is 24.5 Å². The maximum absolute atomic E-state index is 14.1. The minimum absolute atomic E-state index is 0.130. The molecule has 1 N–H and O–H groups in total. The van der Waals surface area contributed by atoms with Gasteiger partial charge in [-0.1, -0.05) is 56.8 Å². The first kappa shape index (κ1) is 30.2. The van der Waals surface area contributed by atoms with Crippen LogP contribution in [-0.2, 0) is 24.0 Å². The monoisotopic (exact) mass is 575 g/mol. The summed E-state index contributed by atoms with van der Waals surface area (Å²) in [5.41, 5.74) is 0.709. The summed E-state index contributed by atoms with van der Waals surface area (Å²) >= 11 is 6.40. The lowest BCUT2D eigenvalue weighted by Gasteiger charge is -2.35. The molecule has 0 bridgehead atoms. The van der Waals surface area contributed by atoms with Crippen LogP contribution >= 0.6 is 11.6 Å². The molecule has 2 amide bonds. The van der Waals surface area contributed by atoms with Crippen molar-refractivity contribution in [2.24, 2.45) is 16.5 Å². The number of oxime groups is 1. The van der Waals surface area contributed by atoms with Gasteiger partial charge >= 0.3 is 5.97 Å². The van der Waals surface area contributed by atoms with E-state index in [1.807, 2.05) is 33.8 Å². The van der Waals surface area contributed by atoms with E-state index in [1.165, 1.54) is 18.4 Å². The van der Waals surface area contributed by atoms with E-state index in [1.54, 1.807) is 13.2 Å². The Morgan fingerprint density at radius 2 is 1.90 bits per heavy atom. The summed E-state index contributed by atoms with van der Waals surface area (Å²) in [4.78, 5) is 47.6. The number of amides is 2. The molecule has 2 aliphatic heterocycles. The van der Waals surface area contributed by atoms with Crippen LogP contribution in [0.1, 0.15) is 83.3 Å². The summed E-state index contributed by atoms with van der Waals surface area (Å²) in [5.74, 6) is -0.0266. The number of hydrogen-bond donors (Lipinski definition) is 1. The van der Waals surface area contributed by atoms with Crippen LogP contribution in [0.15, 0.2) is 17.3 Å². The summed E-state index contributed by atoms with van der Waals surface area (Å²) in [5, 5.41) is 7.95. The fraction of sp³-hybridized carbons (Fsp3) is 0.667. The highest BCUT2D eigenvalue weighted by molar-refractivity contribution is 6.32. The predicted octanol–water partition coefficient (Wildman–Crippen LogP) is 4.80. The number of ether oxygens (including phenoxy) is 2. The van der Waals surface area contributed by atoms with Gasteiger partial charge in [-0.15, -0.1) is 0 Å². The molecular weight excluding hydrogens is 534 g/mol. The van der Waals surface area contributed by atoms with Crippen molar-refractivity contribution >= 4 is 35.1 Å². The van der Waals surface area contributed by atoms with Crippen LogP contribution in [-0.4, -0.2) is 66.8 Å². The molecule has 220 valence electrons. The largest absolute Gasteiger partial charge is 0.496 e. The first-order chi connectivity index (χ1) is 18.9. The quantitative estimate of drug-likeness (QED) is 0.468. The molecule has 3 aliphatic rings. The number of carbonyl (C=O) groups is 3. The van der Waals surface area contributed by atoms with E-state index in [9.17, 15) is 14.4 Å². The van der Waals surface area contributed by atoms with Crippen LogP contribution in [0.4, 0.5) is 0 Å². The fourth-order valence-electron chi connectivity index (χ4n) is 6.12. The average Bonchev–Trinajstić information content (AvgIpc) is 3.51. The van der Waals surface area contributed by atoms with E-state index in [0.717, 1.165) is 31.2 Å². The summed E-state index contributed by atoms with van der Waals surface area (Å²) < 4.78 is 10.7. The minimum Gasteiger partial charge on any atom is -0.496 e. The Kier molecular flexibility index (Phi) is 9.02. The third kappa shape index (κ3) is 6.40. The number of likely N-dealkylation sites (tertiary alicyclic amines) is 1. The summed E-state index contributed by atoms with van der Waals surface area (Å²) in [7, 11) is 2.89. The summed E-state index contributed by atoms with van der Waals surface area (Å²) in [6.07, 6.45) is 6.55. The van der Waals surface area contributed by atoms with Gasteiger partial charge in [-0.3, -0.25) is 9.59 Å². The number of aryl methyl sites for hydroxylation is 1. The smallest absolute Gasteiger partial charge is 0.328 e. The molecule has 0 aromatic heterocycles. The molecule has 1 aromatic carbocycles. The van der Waals surface area contributed by atoms with E-state index in [4.69, 9.17) is 25.9 Å². The molecular formula is C30H42ClN3O6. The maximum Gasteiger partial charge on any atom is 0.328 e. The first-order valence-corrected chi connectivity index (χ1v) is 14.5. The van der Waals surface area contributed by atoms with E-state index in [-0.39, 0.29) is 24.8 Å². The van der Waals surface area contributed by atoms with Crippen molar-refractivity contribution in [2.75, 3.05) is 20.8 Å². The maximum atomic E-state index is 14.1. The molecule has 1 saturated heterocycles. The number of hydrogen-bond acceptors (Lipinski definition) is 7. The molecule has 2 heterocycles. The Labute approximate surface area is 241 Å². The van der Waals surface area contributed by atoms with E-state index >= 15 is 0 Å². The van der Waals surface area contributed by atoms with E-state index < -0.39 is 29.1 Å². The zero-order valence-corrected chi connectivity index (χ0v) is 25.2. The van der Waals surface area contributed by atoms with Crippen molar-refractivity contribution < 1.29 is 28.7 Å². The van der Waals surface area contributed by atoms with E-state index in [0.29, 0.717) is 40.8 Å². The molecule has 1 aliphatic carbocycles. The molecule has 0 unspecified atom stereocenters. The van der Waals surface area contributed by atoms with Crippen molar-refractivity contribution in [3.63, 3.8) is 0 Å². The number of halogens is 1. The number of benzene rings is 1. The Morgan fingerprint density at radius 3 is 2.52 bits per heavy atom. The Hall–Kier alpha value is -2.81. The molecule has 0 radical (unpaired) electrons. The standard InChI is InChI=1S/C30H42ClN3O6/c1-18-12-24(38-5)20(14-21(18)31)22-15-30(40-33-22)16-23(28(37)39-6)34(17-30)27(36)26(29(2,3)4)32-25(35)13-19-10-8-7-9-11-19/h12,14,19,23,26H,7-11,13,15-17H2,1-6H3,(H,32,35)/t23-,26+,30+/m0/s1. The molecule has 1 spiro atoms. The van der Waals surface area contributed by atoms with Crippen molar-refractivity contribution in [1.82, 2.24) is 10.2 Å². The highest BCUT2D eigenvalue weighted by atomic mass is 35.5. The third-order valence-corrected chi connectivity index (χ3v) is 8.81. The van der Waals surface area contributed by atoms with Crippen LogP contribution < -0.4 is 10.1 Å². The lowest BCUT2D eigenvalue weighted by Crippen LogP contribution is -2.57. The topological polar surface area (TPSA) is 107 Å². The molecule has 4 rings (SSSR count). The van der Waals surface area contributed by atoms with Gasteiger partial charge in [0.05, 0.1) is 26.5 Å². The zero-order valence-electron chi connectivity index (χ0n) is 24.5. The van der Waals surface area contributed by atoms with Crippen LogP contribution in [0.25, 0.3) is 0 Å². The molecule has 10 heteroatoms. The van der Waals surface area contributed by atoms with Crippen molar-refractivity contribution in [1.29, 1.82) is 0 Å². The van der Waals surface area contributed by atoms with Gasteiger partial charge in [0.1, 0.15) is 17.8 Å². The second-order valence-electron chi connectivity index (χ2n) is 12.6. The number of rotatable bonds is 7. The zero-order chi connectivity index (χ0) is 29.2. The Morgan fingerprint density at radius 1 is 1.20 bits per heavy atom. The van der Waals surface area contributed by atoms with Gasteiger partial charge in [-0.2, -0.15) is 0 Å². The fourth-order valence-corrected chi connectivity index (χ4v) is 6.29. The van der Waals surface area contributed by atoms with E-state index in [2.05, 4.69) is 10.5 Å². The number of carbonyl (C=O) groups excluding carboxylic acids is 3. The number of methoxy groups -OCH3 is 2. The molecule has 40 heavy (non-hydrogen) atoms. The van der Waals surface area contributed by atoms with Crippen LogP contribution in [0.2, 0.25) is 5.02 Å². The average molecular weight is 576 g/mol. The Bertz CT molecular complexity index is 1170. The molecule has 1 aromatic rings. The van der Waals surface area contributed by atoms with Gasteiger partial charge in [-0.25, -0.2) is 4.79 Å². The van der Waals surface area contributed by atoms with Crippen molar-refractivity contribution in [2.45, 2.75) is 96.7 Å². The normalized spacial score (nSPS) is 23.9. The predicted molar refractivity (Wildman–Crippen MR) is 152 cm³/mol. The lowest BCUT2D eigenvalue weighted by molar-refractivity contribution is -0.153. The van der Waals surface area contributed by atoms with Crippen molar-refractivity contribution in [3.8, 4) is 5.75 Å². The van der Waals surface area contributed by atoms with Gasteiger partial charge in [0.2, 0.25) is 11.8 Å². The summed E-state index contributed by atoms with van der Waals surface area (Å²) in [6, 6.07) is 1.96. The molecule has 2 fully saturated rings. The highest BCUT2D eigenvalue weighted by Crippen LogP contribution is 2.42. The Balaban J connectivity index is 1.55. The minimum atomic E-state index is -0.916. The number of nitrogens with zero attached hydrogens (tertiary/aromatic N) is 2. The third-order valence-electron chi connectivity index (χ3n) is 8.40. The van der Waals surface area contributed by atoms with Crippen LogP contribution in [0.5, 0.6) is 5.75 Å². The molecule has 1 saturated carbocycles. The summed E-state index contributed by atoms with van der Waals surface area (Å²) in [6.45, 7) is 7.76. The van der Waals surface area contributed by atoms with Gasteiger partial charge in [0, 0.05) is 29.8 Å². The first-order valence-electron chi connectivity index (χ1n) is 14.1. The lowest BCUT2D eigenvalue weighted by atomic mass is 9.84. The second-order valence-corrected chi connectivity index (χ2v) is 13.0. The molecule has 3 atom stereocenters. The number of esters is 1. The van der Waals surface area contributed by atoms with Gasteiger partial charge in [0.25, 0.3) is 0 Å².